The van der Waals surface area contributed by atoms with Crippen molar-refractivity contribution in [2.75, 3.05) is 24.5 Å². The third-order valence-electron chi connectivity index (χ3n) is 4.09. The summed E-state index contributed by atoms with van der Waals surface area (Å²) in [5.41, 5.74) is 4.00. The monoisotopic (exact) mass is 262 g/mol. The molecule has 3 nitrogen and oxygen atoms in total. The Labute approximate surface area is 116 Å². The number of nitrogens with one attached hydrogen (secondary N) is 1. The zero-order valence-electron chi connectivity index (χ0n) is 12.3. The third-order valence-corrected chi connectivity index (χ3v) is 4.09. The molecule has 1 aromatic rings. The van der Waals surface area contributed by atoms with Crippen molar-refractivity contribution >= 4 is 5.69 Å². The number of aryl methyl sites for hydroxylation is 1. The van der Waals surface area contributed by atoms with E-state index in [1.165, 1.54) is 16.8 Å². The van der Waals surface area contributed by atoms with E-state index in [4.69, 9.17) is 0 Å². The Morgan fingerprint density at radius 1 is 1.47 bits per heavy atom. The first-order chi connectivity index (χ1) is 9.11. The quantitative estimate of drug-likeness (QED) is 0.855. The van der Waals surface area contributed by atoms with Gasteiger partial charge in [0.15, 0.2) is 0 Å². The van der Waals surface area contributed by atoms with Crippen LogP contribution in [0.1, 0.15) is 31.4 Å². The second-order valence-electron chi connectivity index (χ2n) is 5.64. The van der Waals surface area contributed by atoms with E-state index in [9.17, 15) is 5.11 Å². The summed E-state index contributed by atoms with van der Waals surface area (Å²) in [6.45, 7) is 10.2. The Hall–Kier alpha value is -1.06. The fourth-order valence-corrected chi connectivity index (χ4v) is 2.85. The molecule has 2 atom stereocenters. The topological polar surface area (TPSA) is 35.5 Å². The number of aliphatic hydroxyl groups excluding tert-OH is 1. The minimum absolute atomic E-state index is 0.196. The van der Waals surface area contributed by atoms with E-state index in [0.717, 1.165) is 32.6 Å². The van der Waals surface area contributed by atoms with Crippen LogP contribution >= 0.6 is 0 Å². The molecule has 0 bridgehead atoms. The van der Waals surface area contributed by atoms with Crippen molar-refractivity contribution in [1.29, 1.82) is 0 Å². The fourth-order valence-electron chi connectivity index (χ4n) is 2.85. The smallest absolute Gasteiger partial charge is 0.0557 e. The molecule has 1 saturated heterocycles. The Bertz CT molecular complexity index is 417. The molecule has 0 spiro atoms. The van der Waals surface area contributed by atoms with Crippen LogP contribution in [-0.4, -0.2) is 30.8 Å². The molecule has 19 heavy (non-hydrogen) atoms. The normalized spacial score (nSPS) is 20.8. The number of anilines is 1. The molecule has 1 aliphatic heterocycles. The van der Waals surface area contributed by atoms with E-state index in [2.05, 4.69) is 42.3 Å². The van der Waals surface area contributed by atoms with E-state index in [0.29, 0.717) is 5.92 Å². The zero-order chi connectivity index (χ0) is 13.8. The van der Waals surface area contributed by atoms with Crippen LogP contribution in [0.2, 0.25) is 0 Å². The predicted octanol–water partition coefficient (Wildman–Crippen LogP) is 2.31. The third kappa shape index (κ3) is 3.48. The zero-order valence-corrected chi connectivity index (χ0v) is 12.3. The van der Waals surface area contributed by atoms with Crippen LogP contribution in [0, 0.1) is 12.8 Å². The first-order valence-electron chi connectivity index (χ1n) is 7.35. The van der Waals surface area contributed by atoms with E-state index in [1.54, 1.807) is 0 Å². The molecule has 1 fully saturated rings. The molecule has 3 heteroatoms. The minimum atomic E-state index is -0.196. The molecule has 106 valence electrons. The van der Waals surface area contributed by atoms with Gasteiger partial charge >= 0.3 is 0 Å². The highest BCUT2D eigenvalue weighted by Gasteiger charge is 2.26. The summed E-state index contributed by atoms with van der Waals surface area (Å²) in [4.78, 5) is 2.41. The van der Waals surface area contributed by atoms with Crippen LogP contribution in [0.15, 0.2) is 18.2 Å². The lowest BCUT2D eigenvalue weighted by Gasteiger charge is -2.22. The van der Waals surface area contributed by atoms with Crippen LogP contribution in [0.25, 0.3) is 0 Å². The maximum Gasteiger partial charge on any atom is 0.0557 e. The fraction of sp³-hybridized carbons (Fsp3) is 0.625. The molecule has 0 aromatic heterocycles. The average molecular weight is 262 g/mol. The highest BCUT2D eigenvalue weighted by Crippen LogP contribution is 2.28. The molecule has 2 rings (SSSR count). The maximum absolute atomic E-state index is 9.69. The number of rotatable bonds is 5. The van der Waals surface area contributed by atoms with Crippen molar-refractivity contribution in [3.8, 4) is 0 Å². The van der Waals surface area contributed by atoms with Crippen LogP contribution in [0.5, 0.6) is 0 Å². The summed E-state index contributed by atoms with van der Waals surface area (Å²) in [7, 11) is 0. The number of hydrogen-bond donors (Lipinski definition) is 2. The molecular weight excluding hydrogens is 236 g/mol. The lowest BCUT2D eigenvalue weighted by molar-refractivity contribution is 0.136. The van der Waals surface area contributed by atoms with Gasteiger partial charge in [0, 0.05) is 31.2 Å². The molecule has 2 N–H and O–H groups in total. The second-order valence-corrected chi connectivity index (χ2v) is 5.64. The van der Waals surface area contributed by atoms with Crippen molar-refractivity contribution < 1.29 is 5.11 Å². The molecule has 0 amide bonds. The van der Waals surface area contributed by atoms with Gasteiger partial charge < -0.3 is 15.3 Å². The Morgan fingerprint density at radius 2 is 2.26 bits per heavy atom. The minimum Gasteiger partial charge on any atom is -0.393 e. The Balaban J connectivity index is 2.05. The van der Waals surface area contributed by atoms with Gasteiger partial charge in [-0.2, -0.15) is 0 Å². The van der Waals surface area contributed by atoms with Gasteiger partial charge in [0.1, 0.15) is 0 Å². The van der Waals surface area contributed by atoms with Crippen molar-refractivity contribution in [1.82, 2.24) is 5.32 Å². The molecule has 1 aliphatic rings. The summed E-state index contributed by atoms with van der Waals surface area (Å²) in [5.74, 6) is 0.417. The number of nitrogens with zero attached hydrogens (tertiary/aromatic N) is 1. The number of aliphatic hydroxyl groups is 1. The summed E-state index contributed by atoms with van der Waals surface area (Å²) in [5, 5.41) is 13.0. The molecular formula is C16H26N2O. The van der Waals surface area contributed by atoms with E-state index >= 15 is 0 Å². The van der Waals surface area contributed by atoms with Crippen LogP contribution in [0.3, 0.4) is 0 Å². The van der Waals surface area contributed by atoms with E-state index < -0.39 is 0 Å². The number of hydrogen-bond acceptors (Lipinski definition) is 3. The van der Waals surface area contributed by atoms with Gasteiger partial charge in [-0.1, -0.05) is 19.1 Å². The van der Waals surface area contributed by atoms with Gasteiger partial charge in [0.05, 0.1) is 6.10 Å². The summed E-state index contributed by atoms with van der Waals surface area (Å²) >= 11 is 0. The highest BCUT2D eigenvalue weighted by atomic mass is 16.3. The maximum atomic E-state index is 9.69. The van der Waals surface area contributed by atoms with Gasteiger partial charge in [0.25, 0.3) is 0 Å². The molecule has 0 saturated carbocycles. The molecule has 2 unspecified atom stereocenters. The van der Waals surface area contributed by atoms with Gasteiger partial charge in [-0.25, -0.2) is 0 Å². The van der Waals surface area contributed by atoms with Crippen LogP contribution < -0.4 is 10.2 Å². The first-order valence-corrected chi connectivity index (χ1v) is 7.35. The van der Waals surface area contributed by atoms with Crippen LogP contribution in [-0.2, 0) is 6.54 Å². The predicted molar refractivity (Wildman–Crippen MR) is 80.6 cm³/mol. The summed E-state index contributed by atoms with van der Waals surface area (Å²) in [6, 6.07) is 6.71. The van der Waals surface area contributed by atoms with Gasteiger partial charge in [0.2, 0.25) is 0 Å². The van der Waals surface area contributed by atoms with Crippen molar-refractivity contribution in [2.24, 2.45) is 5.92 Å². The van der Waals surface area contributed by atoms with E-state index in [-0.39, 0.29) is 6.10 Å². The van der Waals surface area contributed by atoms with Gasteiger partial charge in [-0.15, -0.1) is 0 Å². The summed E-state index contributed by atoms with van der Waals surface area (Å²) < 4.78 is 0. The van der Waals surface area contributed by atoms with E-state index in [1.807, 2.05) is 6.92 Å². The lowest BCUT2D eigenvalue weighted by Crippen LogP contribution is -2.24. The molecule has 0 aliphatic carbocycles. The van der Waals surface area contributed by atoms with Gasteiger partial charge in [-0.05, 0) is 44.0 Å². The largest absolute Gasteiger partial charge is 0.393 e. The molecule has 1 aromatic carbocycles. The van der Waals surface area contributed by atoms with Crippen molar-refractivity contribution in [3.05, 3.63) is 29.3 Å². The van der Waals surface area contributed by atoms with Crippen molar-refractivity contribution in [2.45, 2.75) is 39.8 Å². The number of benzene rings is 1. The van der Waals surface area contributed by atoms with Crippen molar-refractivity contribution in [3.63, 3.8) is 0 Å². The van der Waals surface area contributed by atoms with Crippen LogP contribution in [0.4, 0.5) is 5.69 Å². The first kappa shape index (κ1) is 14.4. The Kier molecular flexibility index (Phi) is 4.83. The summed E-state index contributed by atoms with van der Waals surface area (Å²) in [6.07, 6.45) is 0.898. The molecule has 0 radical (unpaired) electrons. The standard InChI is InChI=1S/C16H26N2O/c1-4-17-10-14-5-6-16(12(2)9-14)18-8-7-15(11-18)13(3)19/h5-6,9,13,15,17,19H,4,7-8,10-11H2,1-3H3. The lowest BCUT2D eigenvalue weighted by atomic mass is 10.0. The SMILES string of the molecule is CCNCc1ccc(N2CCC(C(C)O)C2)c(C)c1. The molecule has 1 heterocycles. The Morgan fingerprint density at radius 3 is 2.84 bits per heavy atom. The second kappa shape index (κ2) is 6.40. The van der Waals surface area contributed by atoms with Gasteiger partial charge in [-0.3, -0.25) is 0 Å². The highest BCUT2D eigenvalue weighted by molar-refractivity contribution is 5.55. The average Bonchev–Trinajstić information content (AvgIpc) is 2.86.